The SMILES string of the molecule is Cc1c(Br)cccc1C(=O)N(C)Cc1cccnc1. The minimum Gasteiger partial charge on any atom is -0.337 e. The maximum absolute atomic E-state index is 12.4. The van der Waals surface area contributed by atoms with E-state index in [4.69, 9.17) is 0 Å². The van der Waals surface area contributed by atoms with Crippen molar-refractivity contribution < 1.29 is 4.79 Å². The lowest BCUT2D eigenvalue weighted by Crippen LogP contribution is -2.26. The first kappa shape index (κ1) is 13.7. The molecule has 19 heavy (non-hydrogen) atoms. The molecule has 1 aromatic carbocycles. The van der Waals surface area contributed by atoms with Crippen molar-refractivity contribution in [2.75, 3.05) is 7.05 Å². The van der Waals surface area contributed by atoms with Gasteiger partial charge in [-0.3, -0.25) is 9.78 Å². The maximum atomic E-state index is 12.4. The molecule has 1 heterocycles. The summed E-state index contributed by atoms with van der Waals surface area (Å²) < 4.78 is 0.952. The first-order valence-corrected chi connectivity index (χ1v) is 6.78. The number of amides is 1. The zero-order valence-electron chi connectivity index (χ0n) is 10.9. The Morgan fingerprint density at radius 2 is 2.11 bits per heavy atom. The van der Waals surface area contributed by atoms with Crippen molar-refractivity contribution in [3.8, 4) is 0 Å². The molecule has 0 saturated carbocycles. The lowest BCUT2D eigenvalue weighted by molar-refractivity contribution is 0.0784. The molecule has 0 aliphatic heterocycles. The van der Waals surface area contributed by atoms with Gasteiger partial charge in [0.1, 0.15) is 0 Å². The van der Waals surface area contributed by atoms with Gasteiger partial charge in [-0.2, -0.15) is 0 Å². The number of nitrogens with zero attached hydrogens (tertiary/aromatic N) is 2. The molecule has 1 aromatic heterocycles. The number of aromatic nitrogens is 1. The van der Waals surface area contributed by atoms with E-state index in [2.05, 4.69) is 20.9 Å². The molecular weight excluding hydrogens is 304 g/mol. The first-order chi connectivity index (χ1) is 9.09. The fraction of sp³-hybridized carbons (Fsp3) is 0.200. The second-order valence-electron chi connectivity index (χ2n) is 4.43. The molecule has 0 saturated heterocycles. The van der Waals surface area contributed by atoms with E-state index in [1.807, 2.05) is 37.3 Å². The Morgan fingerprint density at radius 3 is 2.79 bits per heavy atom. The summed E-state index contributed by atoms with van der Waals surface area (Å²) in [7, 11) is 1.80. The van der Waals surface area contributed by atoms with Crippen molar-refractivity contribution in [1.29, 1.82) is 0 Å². The van der Waals surface area contributed by atoms with E-state index in [1.165, 1.54) is 0 Å². The summed E-state index contributed by atoms with van der Waals surface area (Å²) in [6.45, 7) is 2.49. The van der Waals surface area contributed by atoms with Crippen LogP contribution in [0.5, 0.6) is 0 Å². The van der Waals surface area contributed by atoms with Gasteiger partial charge in [0.2, 0.25) is 0 Å². The summed E-state index contributed by atoms with van der Waals surface area (Å²) in [5.74, 6) is 0.0163. The number of carbonyl (C=O) groups is 1. The van der Waals surface area contributed by atoms with Crippen LogP contribution >= 0.6 is 15.9 Å². The van der Waals surface area contributed by atoms with Gasteiger partial charge < -0.3 is 4.90 Å². The monoisotopic (exact) mass is 318 g/mol. The van der Waals surface area contributed by atoms with Crippen LogP contribution in [0.2, 0.25) is 0 Å². The molecule has 0 atom stereocenters. The van der Waals surface area contributed by atoms with Crippen LogP contribution in [-0.2, 0) is 6.54 Å². The molecule has 0 unspecified atom stereocenters. The highest BCUT2D eigenvalue weighted by Gasteiger charge is 2.15. The molecule has 0 radical (unpaired) electrons. The molecule has 0 aliphatic rings. The van der Waals surface area contributed by atoms with Gasteiger partial charge in [0.05, 0.1) is 0 Å². The van der Waals surface area contributed by atoms with E-state index in [9.17, 15) is 4.79 Å². The molecule has 0 aliphatic carbocycles. The molecule has 2 rings (SSSR count). The highest BCUT2D eigenvalue weighted by atomic mass is 79.9. The summed E-state index contributed by atoms with van der Waals surface area (Å²) >= 11 is 3.45. The molecule has 0 spiro atoms. The third-order valence-electron chi connectivity index (χ3n) is 2.99. The van der Waals surface area contributed by atoms with Crippen molar-refractivity contribution in [3.63, 3.8) is 0 Å². The van der Waals surface area contributed by atoms with Crippen LogP contribution < -0.4 is 0 Å². The zero-order chi connectivity index (χ0) is 13.8. The van der Waals surface area contributed by atoms with Crippen LogP contribution in [0.25, 0.3) is 0 Å². The van der Waals surface area contributed by atoms with Gasteiger partial charge in [-0.1, -0.05) is 28.1 Å². The molecule has 0 bridgehead atoms. The second-order valence-corrected chi connectivity index (χ2v) is 5.29. The number of benzene rings is 1. The van der Waals surface area contributed by atoms with Crippen molar-refractivity contribution >= 4 is 21.8 Å². The van der Waals surface area contributed by atoms with Crippen molar-refractivity contribution in [3.05, 3.63) is 63.9 Å². The Hall–Kier alpha value is -1.68. The Morgan fingerprint density at radius 1 is 1.32 bits per heavy atom. The topological polar surface area (TPSA) is 33.2 Å². The summed E-state index contributed by atoms with van der Waals surface area (Å²) in [5, 5.41) is 0. The number of carbonyl (C=O) groups excluding carboxylic acids is 1. The molecule has 1 amide bonds. The summed E-state index contributed by atoms with van der Waals surface area (Å²) in [4.78, 5) is 18.2. The van der Waals surface area contributed by atoms with Gasteiger partial charge in [-0.05, 0) is 36.2 Å². The minimum atomic E-state index is 0.0163. The van der Waals surface area contributed by atoms with Gasteiger partial charge in [0.25, 0.3) is 5.91 Å². The normalized spacial score (nSPS) is 10.3. The highest BCUT2D eigenvalue weighted by molar-refractivity contribution is 9.10. The lowest BCUT2D eigenvalue weighted by Gasteiger charge is -2.18. The third kappa shape index (κ3) is 3.20. The van der Waals surface area contributed by atoms with Crippen molar-refractivity contribution in [2.45, 2.75) is 13.5 Å². The molecule has 0 fully saturated rings. The first-order valence-electron chi connectivity index (χ1n) is 5.99. The Labute approximate surface area is 121 Å². The van der Waals surface area contributed by atoms with E-state index >= 15 is 0 Å². The number of pyridine rings is 1. The fourth-order valence-corrected chi connectivity index (χ4v) is 2.25. The minimum absolute atomic E-state index is 0.0163. The van der Waals surface area contributed by atoms with E-state index in [1.54, 1.807) is 24.3 Å². The summed E-state index contributed by atoms with van der Waals surface area (Å²) in [6.07, 6.45) is 3.50. The largest absolute Gasteiger partial charge is 0.337 e. The standard InChI is InChI=1S/C15H15BrN2O/c1-11-13(6-3-7-14(11)16)15(19)18(2)10-12-5-4-8-17-9-12/h3-9H,10H2,1-2H3. The predicted octanol–water partition coefficient (Wildman–Crippen LogP) is 3.42. The zero-order valence-corrected chi connectivity index (χ0v) is 12.5. The quantitative estimate of drug-likeness (QED) is 0.868. The van der Waals surface area contributed by atoms with E-state index in [0.29, 0.717) is 6.54 Å². The smallest absolute Gasteiger partial charge is 0.254 e. The van der Waals surface area contributed by atoms with Crippen LogP contribution in [0, 0.1) is 6.92 Å². The summed E-state index contributed by atoms with van der Waals surface area (Å²) in [6, 6.07) is 9.50. The number of hydrogen-bond donors (Lipinski definition) is 0. The number of halogens is 1. The van der Waals surface area contributed by atoms with Crippen LogP contribution in [0.4, 0.5) is 0 Å². The number of hydrogen-bond acceptors (Lipinski definition) is 2. The van der Waals surface area contributed by atoms with Crippen molar-refractivity contribution in [2.24, 2.45) is 0 Å². The summed E-state index contributed by atoms with van der Waals surface area (Å²) in [5.41, 5.74) is 2.71. The predicted molar refractivity (Wildman–Crippen MR) is 78.9 cm³/mol. The van der Waals surface area contributed by atoms with Crippen LogP contribution in [0.1, 0.15) is 21.5 Å². The second kappa shape index (κ2) is 5.97. The molecule has 98 valence electrons. The molecule has 0 N–H and O–H groups in total. The van der Waals surface area contributed by atoms with Crippen LogP contribution in [0.15, 0.2) is 47.2 Å². The number of rotatable bonds is 3. The Kier molecular flexibility index (Phi) is 4.32. The van der Waals surface area contributed by atoms with Crippen LogP contribution in [-0.4, -0.2) is 22.8 Å². The highest BCUT2D eigenvalue weighted by Crippen LogP contribution is 2.20. The van der Waals surface area contributed by atoms with Crippen LogP contribution in [0.3, 0.4) is 0 Å². The lowest BCUT2D eigenvalue weighted by atomic mass is 10.1. The third-order valence-corrected chi connectivity index (χ3v) is 3.85. The molecule has 2 aromatic rings. The average Bonchev–Trinajstić information content (AvgIpc) is 2.42. The molecular formula is C15H15BrN2O. The fourth-order valence-electron chi connectivity index (χ4n) is 1.88. The average molecular weight is 319 g/mol. The Balaban J connectivity index is 2.18. The van der Waals surface area contributed by atoms with E-state index in [-0.39, 0.29) is 5.91 Å². The van der Waals surface area contributed by atoms with Gasteiger partial charge in [-0.25, -0.2) is 0 Å². The van der Waals surface area contributed by atoms with Gasteiger partial charge >= 0.3 is 0 Å². The molecule has 3 nitrogen and oxygen atoms in total. The van der Waals surface area contributed by atoms with Gasteiger partial charge in [0, 0.05) is 36.0 Å². The van der Waals surface area contributed by atoms with E-state index < -0.39 is 0 Å². The maximum Gasteiger partial charge on any atom is 0.254 e. The molecule has 4 heteroatoms. The van der Waals surface area contributed by atoms with Crippen molar-refractivity contribution in [1.82, 2.24) is 9.88 Å². The van der Waals surface area contributed by atoms with Gasteiger partial charge in [0.15, 0.2) is 0 Å². The van der Waals surface area contributed by atoms with E-state index in [0.717, 1.165) is 21.2 Å². The van der Waals surface area contributed by atoms with Gasteiger partial charge in [-0.15, -0.1) is 0 Å². The Bertz CT molecular complexity index is 584.